The number of hydrogen-bond donors (Lipinski definition) is 0. The number of thiophene rings is 1. The largest absolute Gasteiger partial charge is 0.298 e. The molecule has 0 atom stereocenters. The minimum absolute atomic E-state index is 1.04. The molecule has 8 rings (SSSR count). The number of pyridine rings is 1. The maximum absolute atomic E-state index is 5.23. The van der Waals surface area contributed by atoms with Gasteiger partial charge in [0.1, 0.15) is 0 Å². The summed E-state index contributed by atoms with van der Waals surface area (Å²) >= 11 is 1.85. The number of rotatable bonds is 0. The third-order valence-corrected chi connectivity index (χ3v) is 7.92. The highest BCUT2D eigenvalue weighted by atomic mass is 32.1. The Morgan fingerprint density at radius 2 is 1.41 bits per heavy atom. The predicted octanol–water partition coefficient (Wildman–Crippen LogP) is 8.32. The Hall–Kier alpha value is -3.95. The van der Waals surface area contributed by atoms with Crippen molar-refractivity contribution in [1.29, 1.82) is 0 Å². The highest BCUT2D eigenvalue weighted by Crippen LogP contribution is 2.41. The molecule has 0 saturated carbocycles. The van der Waals surface area contributed by atoms with Crippen LogP contribution in [0.1, 0.15) is 0 Å². The molecule has 0 bridgehead atoms. The van der Waals surface area contributed by atoms with E-state index in [1.807, 2.05) is 11.3 Å². The number of nitrogens with zero attached hydrogens (tertiary/aromatic N) is 2. The highest BCUT2D eigenvalue weighted by molar-refractivity contribution is 7.26. The zero-order valence-corrected chi connectivity index (χ0v) is 17.9. The van der Waals surface area contributed by atoms with E-state index in [0.717, 1.165) is 16.7 Å². The lowest BCUT2D eigenvalue weighted by molar-refractivity contribution is 1.25. The molecule has 0 unspecified atom stereocenters. The van der Waals surface area contributed by atoms with E-state index in [0.29, 0.717) is 0 Å². The summed E-state index contributed by atoms with van der Waals surface area (Å²) in [5.74, 6) is 0. The number of aromatic nitrogens is 2. The van der Waals surface area contributed by atoms with Gasteiger partial charge in [-0.25, -0.2) is 4.98 Å². The van der Waals surface area contributed by atoms with Crippen LogP contribution in [0.5, 0.6) is 0 Å². The zero-order valence-electron chi connectivity index (χ0n) is 17.0. The van der Waals surface area contributed by atoms with Gasteiger partial charge in [-0.15, -0.1) is 11.3 Å². The van der Waals surface area contributed by atoms with Crippen molar-refractivity contribution in [2.45, 2.75) is 0 Å². The summed E-state index contributed by atoms with van der Waals surface area (Å²) in [6, 6.07) is 32.9. The Labute approximate surface area is 186 Å². The number of fused-ring (bicyclic) bond motifs is 12. The molecule has 5 aromatic carbocycles. The second-order valence-electron chi connectivity index (χ2n) is 8.48. The summed E-state index contributed by atoms with van der Waals surface area (Å²) in [5, 5.41) is 10.2. The first-order valence-corrected chi connectivity index (χ1v) is 11.6. The van der Waals surface area contributed by atoms with E-state index in [4.69, 9.17) is 4.98 Å². The maximum atomic E-state index is 5.23. The molecule has 0 aliphatic carbocycles. The van der Waals surface area contributed by atoms with Gasteiger partial charge in [-0.05, 0) is 57.3 Å². The molecule has 148 valence electrons. The normalized spacial score (nSPS) is 12.4. The van der Waals surface area contributed by atoms with Gasteiger partial charge in [-0.3, -0.25) is 4.40 Å². The summed E-state index contributed by atoms with van der Waals surface area (Å²) in [6.45, 7) is 0. The SMILES string of the molecule is c1ccc2cc3c(ccc4c3nc3c5sc6ccc7ccccc7c6c5ccn43)cc2c1. The third-order valence-electron chi connectivity index (χ3n) is 6.75. The van der Waals surface area contributed by atoms with Crippen molar-refractivity contribution in [1.82, 2.24) is 9.38 Å². The van der Waals surface area contributed by atoms with Crippen LogP contribution in [0.25, 0.3) is 69.2 Å². The van der Waals surface area contributed by atoms with Crippen LogP contribution in [0.4, 0.5) is 0 Å². The Bertz CT molecular complexity index is 2040. The van der Waals surface area contributed by atoms with E-state index in [1.54, 1.807) is 0 Å². The lowest BCUT2D eigenvalue weighted by Crippen LogP contribution is -1.83. The Morgan fingerprint density at radius 1 is 0.625 bits per heavy atom. The van der Waals surface area contributed by atoms with Gasteiger partial charge in [0, 0.05) is 27.1 Å². The van der Waals surface area contributed by atoms with Gasteiger partial charge in [-0.2, -0.15) is 0 Å². The summed E-state index contributed by atoms with van der Waals surface area (Å²) in [7, 11) is 0. The summed E-state index contributed by atoms with van der Waals surface area (Å²) in [5.41, 5.74) is 3.28. The Morgan fingerprint density at radius 3 is 2.31 bits per heavy atom. The highest BCUT2D eigenvalue weighted by Gasteiger charge is 2.16. The van der Waals surface area contributed by atoms with Crippen LogP contribution in [-0.4, -0.2) is 9.38 Å². The van der Waals surface area contributed by atoms with Gasteiger partial charge in [0.25, 0.3) is 0 Å². The van der Waals surface area contributed by atoms with Crippen LogP contribution < -0.4 is 0 Å². The summed E-state index contributed by atoms with van der Waals surface area (Å²) < 4.78 is 4.82. The van der Waals surface area contributed by atoms with Crippen LogP contribution in [0, 0.1) is 0 Å². The molecule has 0 saturated heterocycles. The first kappa shape index (κ1) is 16.7. The molecule has 0 N–H and O–H groups in total. The maximum Gasteiger partial charge on any atom is 0.156 e. The molecule has 8 aromatic rings. The molecule has 0 radical (unpaired) electrons. The number of benzene rings is 5. The quantitative estimate of drug-likeness (QED) is 0.224. The molecule has 0 aliphatic rings. The van der Waals surface area contributed by atoms with E-state index >= 15 is 0 Å². The van der Waals surface area contributed by atoms with Crippen molar-refractivity contribution in [3.63, 3.8) is 0 Å². The van der Waals surface area contributed by atoms with Crippen molar-refractivity contribution in [3.05, 3.63) is 97.2 Å². The fraction of sp³-hybridized carbons (Fsp3) is 0. The molecular formula is C29H16N2S. The Kier molecular flexibility index (Phi) is 3.05. The molecule has 0 spiro atoms. The average Bonchev–Trinajstić information content (AvgIpc) is 3.41. The van der Waals surface area contributed by atoms with E-state index < -0.39 is 0 Å². The minimum Gasteiger partial charge on any atom is -0.298 e. The predicted molar refractivity (Wildman–Crippen MR) is 138 cm³/mol. The van der Waals surface area contributed by atoms with Gasteiger partial charge in [0.15, 0.2) is 5.65 Å². The standard InChI is InChI=1S/C29H16N2S/c1-2-7-19-16-23-20(15-18(19)6-1)9-11-24-27(23)30-29-28-22(13-14-31(24)29)26-21-8-4-3-5-17(21)10-12-25(26)32-28/h1-16H. The molecule has 0 aliphatic heterocycles. The summed E-state index contributed by atoms with van der Waals surface area (Å²) in [6.07, 6.45) is 2.19. The van der Waals surface area contributed by atoms with Crippen molar-refractivity contribution < 1.29 is 0 Å². The van der Waals surface area contributed by atoms with Crippen molar-refractivity contribution >= 4 is 80.5 Å². The van der Waals surface area contributed by atoms with Crippen LogP contribution in [-0.2, 0) is 0 Å². The smallest absolute Gasteiger partial charge is 0.156 e. The van der Waals surface area contributed by atoms with Crippen LogP contribution in [0.15, 0.2) is 97.2 Å². The molecule has 3 heteroatoms. The molecule has 3 aromatic heterocycles. The lowest BCUT2D eigenvalue weighted by atomic mass is 10.0. The second-order valence-corrected chi connectivity index (χ2v) is 9.53. The Balaban J connectivity index is 1.55. The van der Waals surface area contributed by atoms with Crippen LogP contribution in [0.3, 0.4) is 0 Å². The van der Waals surface area contributed by atoms with Crippen molar-refractivity contribution in [3.8, 4) is 0 Å². The number of hydrogen-bond acceptors (Lipinski definition) is 2. The topological polar surface area (TPSA) is 17.3 Å². The molecule has 3 heterocycles. The molecule has 0 fully saturated rings. The van der Waals surface area contributed by atoms with Crippen molar-refractivity contribution in [2.24, 2.45) is 0 Å². The summed E-state index contributed by atoms with van der Waals surface area (Å²) in [4.78, 5) is 5.23. The van der Waals surface area contributed by atoms with Gasteiger partial charge in [-0.1, -0.05) is 60.7 Å². The molecule has 2 nitrogen and oxygen atoms in total. The third kappa shape index (κ3) is 2.06. The second kappa shape index (κ2) is 5.84. The minimum atomic E-state index is 1.04. The average molecular weight is 425 g/mol. The first-order chi connectivity index (χ1) is 15.8. The van der Waals surface area contributed by atoms with Gasteiger partial charge < -0.3 is 0 Å². The fourth-order valence-corrected chi connectivity index (χ4v) is 6.44. The molecule has 0 amide bonds. The first-order valence-electron chi connectivity index (χ1n) is 10.8. The van der Waals surface area contributed by atoms with Gasteiger partial charge in [0.05, 0.1) is 15.7 Å². The van der Waals surface area contributed by atoms with E-state index in [1.165, 1.54) is 52.5 Å². The fourth-order valence-electron chi connectivity index (χ4n) is 5.25. The lowest BCUT2D eigenvalue weighted by Gasteiger charge is -2.03. The van der Waals surface area contributed by atoms with Gasteiger partial charge >= 0.3 is 0 Å². The molecule has 32 heavy (non-hydrogen) atoms. The number of imidazole rings is 1. The van der Waals surface area contributed by atoms with Gasteiger partial charge in [0.2, 0.25) is 0 Å². The van der Waals surface area contributed by atoms with Crippen LogP contribution in [0.2, 0.25) is 0 Å². The van der Waals surface area contributed by atoms with E-state index in [-0.39, 0.29) is 0 Å². The van der Waals surface area contributed by atoms with Crippen LogP contribution >= 0.6 is 11.3 Å². The zero-order chi connectivity index (χ0) is 20.8. The molecular weight excluding hydrogens is 408 g/mol. The van der Waals surface area contributed by atoms with Crippen molar-refractivity contribution in [2.75, 3.05) is 0 Å². The monoisotopic (exact) mass is 424 g/mol. The van der Waals surface area contributed by atoms with E-state index in [2.05, 4.69) is 102 Å². The van der Waals surface area contributed by atoms with E-state index in [9.17, 15) is 0 Å².